The molecular weight excluding hydrogens is 465 g/mol. The lowest BCUT2D eigenvalue weighted by molar-refractivity contribution is -0.131. The first-order valence-electron chi connectivity index (χ1n) is 10.2. The molecule has 1 aromatic heterocycles. The highest BCUT2D eigenvalue weighted by Crippen LogP contribution is 2.43. The molecule has 1 unspecified atom stereocenters. The number of aliphatic hydroxyl groups excluding tert-OH is 1. The average molecular weight is 484 g/mol. The summed E-state index contributed by atoms with van der Waals surface area (Å²) in [6, 6.07) is 11.8. The lowest BCUT2D eigenvalue weighted by Crippen LogP contribution is -2.38. The highest BCUT2D eigenvalue weighted by atomic mass is 79.9. The summed E-state index contributed by atoms with van der Waals surface area (Å²) in [5.41, 5.74) is 1.08. The molecule has 3 aromatic rings. The number of ketones is 1. The quantitative estimate of drug-likeness (QED) is 0.472. The SMILES string of the molecule is O=C(C1=C(O)C(=O)N(C2CCCC2)C1c1ccc(F)cc1)c1cc2cc(Br)ccc2o1. The van der Waals surface area contributed by atoms with E-state index < -0.39 is 29.3 Å². The molecule has 1 fully saturated rings. The van der Waals surface area contributed by atoms with Gasteiger partial charge in [0.2, 0.25) is 5.78 Å². The number of halogens is 2. The first-order chi connectivity index (χ1) is 14.9. The lowest BCUT2D eigenvalue weighted by atomic mass is 9.94. The fourth-order valence-electron chi connectivity index (χ4n) is 4.65. The van der Waals surface area contributed by atoms with Crippen LogP contribution in [0.3, 0.4) is 0 Å². The Balaban J connectivity index is 1.61. The number of furan rings is 1. The molecule has 7 heteroatoms. The third-order valence-corrected chi connectivity index (χ3v) is 6.59. The van der Waals surface area contributed by atoms with Gasteiger partial charge in [0.15, 0.2) is 11.5 Å². The summed E-state index contributed by atoms with van der Waals surface area (Å²) in [6.45, 7) is 0. The summed E-state index contributed by atoms with van der Waals surface area (Å²) < 4.78 is 20.2. The van der Waals surface area contributed by atoms with Crippen LogP contribution in [0.25, 0.3) is 11.0 Å². The molecule has 1 N–H and O–H groups in total. The highest BCUT2D eigenvalue weighted by Gasteiger charge is 2.47. The van der Waals surface area contributed by atoms with Crippen LogP contribution in [0.4, 0.5) is 4.39 Å². The Morgan fingerprint density at radius 2 is 1.81 bits per heavy atom. The second-order valence-corrected chi connectivity index (χ2v) is 8.90. The molecule has 5 nitrogen and oxygen atoms in total. The summed E-state index contributed by atoms with van der Waals surface area (Å²) in [7, 11) is 0. The smallest absolute Gasteiger partial charge is 0.290 e. The number of Topliss-reactive ketones (excluding diaryl/α,β-unsaturated/α-hetero) is 1. The van der Waals surface area contributed by atoms with Crippen LogP contribution in [-0.4, -0.2) is 27.7 Å². The summed E-state index contributed by atoms with van der Waals surface area (Å²) in [4.78, 5) is 28.1. The molecule has 1 aliphatic heterocycles. The minimum atomic E-state index is -0.788. The number of aliphatic hydroxyl groups is 1. The van der Waals surface area contributed by atoms with Gasteiger partial charge in [0.25, 0.3) is 5.91 Å². The first kappa shape index (κ1) is 20.0. The molecule has 1 saturated carbocycles. The zero-order valence-corrected chi connectivity index (χ0v) is 18.1. The second-order valence-electron chi connectivity index (χ2n) is 7.99. The van der Waals surface area contributed by atoms with Crippen molar-refractivity contribution in [3.63, 3.8) is 0 Å². The van der Waals surface area contributed by atoms with E-state index in [0.29, 0.717) is 11.1 Å². The van der Waals surface area contributed by atoms with Crippen LogP contribution in [0.15, 0.2) is 68.8 Å². The van der Waals surface area contributed by atoms with E-state index in [-0.39, 0.29) is 17.4 Å². The number of hydrogen-bond acceptors (Lipinski definition) is 4. The molecule has 1 amide bonds. The maximum atomic E-state index is 13.6. The number of rotatable bonds is 4. The van der Waals surface area contributed by atoms with E-state index >= 15 is 0 Å². The van der Waals surface area contributed by atoms with E-state index in [0.717, 1.165) is 35.5 Å². The molecular formula is C24H19BrFNO4. The molecule has 2 aliphatic rings. The number of carbonyl (C=O) groups excluding carboxylic acids is 2. The van der Waals surface area contributed by atoms with Crippen LogP contribution in [0.5, 0.6) is 0 Å². The normalized spacial score (nSPS) is 19.7. The van der Waals surface area contributed by atoms with Gasteiger partial charge in [-0.25, -0.2) is 4.39 Å². The van der Waals surface area contributed by atoms with Crippen LogP contribution in [0.2, 0.25) is 0 Å². The Hall–Kier alpha value is -2.93. The minimum absolute atomic E-state index is 0.0263. The van der Waals surface area contributed by atoms with Crippen molar-refractivity contribution >= 4 is 38.6 Å². The molecule has 158 valence electrons. The molecule has 2 aromatic carbocycles. The molecule has 0 bridgehead atoms. The number of nitrogens with zero attached hydrogens (tertiary/aromatic N) is 1. The third kappa shape index (κ3) is 3.37. The number of amides is 1. The Bertz CT molecular complexity index is 1220. The minimum Gasteiger partial charge on any atom is -0.503 e. The largest absolute Gasteiger partial charge is 0.503 e. The molecule has 31 heavy (non-hydrogen) atoms. The zero-order chi connectivity index (χ0) is 21.7. The summed E-state index contributed by atoms with van der Waals surface area (Å²) in [5.74, 6) is -2.04. The van der Waals surface area contributed by atoms with E-state index in [9.17, 15) is 19.1 Å². The van der Waals surface area contributed by atoms with Crippen LogP contribution in [0, 0.1) is 5.82 Å². The van der Waals surface area contributed by atoms with E-state index in [1.807, 2.05) is 6.07 Å². The van der Waals surface area contributed by atoms with Gasteiger partial charge in [-0.3, -0.25) is 9.59 Å². The number of fused-ring (bicyclic) bond motifs is 1. The molecule has 0 radical (unpaired) electrons. The van der Waals surface area contributed by atoms with Gasteiger partial charge < -0.3 is 14.4 Å². The zero-order valence-electron chi connectivity index (χ0n) is 16.5. The van der Waals surface area contributed by atoms with E-state index in [1.165, 1.54) is 12.1 Å². The van der Waals surface area contributed by atoms with Crippen LogP contribution >= 0.6 is 15.9 Å². The topological polar surface area (TPSA) is 70.8 Å². The van der Waals surface area contributed by atoms with Crippen LogP contribution in [-0.2, 0) is 4.79 Å². The second kappa shape index (κ2) is 7.64. The van der Waals surface area contributed by atoms with Crippen molar-refractivity contribution in [2.24, 2.45) is 0 Å². The van der Waals surface area contributed by atoms with Crippen molar-refractivity contribution in [2.45, 2.75) is 37.8 Å². The Labute approximate surface area is 186 Å². The lowest BCUT2D eigenvalue weighted by Gasteiger charge is -2.32. The predicted molar refractivity (Wildman–Crippen MR) is 116 cm³/mol. The van der Waals surface area contributed by atoms with Gasteiger partial charge in [0, 0.05) is 15.9 Å². The third-order valence-electron chi connectivity index (χ3n) is 6.09. The monoisotopic (exact) mass is 483 g/mol. The van der Waals surface area contributed by atoms with E-state index in [1.54, 1.807) is 35.2 Å². The average Bonchev–Trinajstić information content (AvgIpc) is 3.47. The summed E-state index contributed by atoms with van der Waals surface area (Å²) >= 11 is 3.40. The maximum Gasteiger partial charge on any atom is 0.290 e. The fourth-order valence-corrected chi connectivity index (χ4v) is 5.02. The van der Waals surface area contributed by atoms with Gasteiger partial charge in [0.05, 0.1) is 11.6 Å². The standard InChI is InChI=1S/C24H19BrFNO4/c25-15-7-10-18-14(11-15)12-19(31-18)22(28)20-21(13-5-8-16(26)9-6-13)27(24(30)23(20)29)17-3-1-2-4-17/h5-12,17,21,29H,1-4H2. The van der Waals surface area contributed by atoms with Gasteiger partial charge in [-0.15, -0.1) is 0 Å². The van der Waals surface area contributed by atoms with Crippen LogP contribution < -0.4 is 0 Å². The highest BCUT2D eigenvalue weighted by molar-refractivity contribution is 9.10. The molecule has 1 aliphatic carbocycles. The predicted octanol–water partition coefficient (Wildman–Crippen LogP) is 5.86. The van der Waals surface area contributed by atoms with Crippen molar-refractivity contribution in [2.75, 3.05) is 0 Å². The van der Waals surface area contributed by atoms with E-state index in [2.05, 4.69) is 15.9 Å². The summed E-state index contributed by atoms with van der Waals surface area (Å²) in [5, 5.41) is 11.5. The van der Waals surface area contributed by atoms with Gasteiger partial charge in [-0.05, 0) is 54.8 Å². The van der Waals surface area contributed by atoms with Gasteiger partial charge in [-0.2, -0.15) is 0 Å². The molecule has 2 heterocycles. The van der Waals surface area contributed by atoms with Gasteiger partial charge in [-0.1, -0.05) is 40.9 Å². The number of benzene rings is 2. The van der Waals surface area contributed by atoms with Crippen molar-refractivity contribution in [1.82, 2.24) is 4.90 Å². The van der Waals surface area contributed by atoms with Crippen molar-refractivity contribution < 1.29 is 23.5 Å². The Morgan fingerprint density at radius 3 is 2.52 bits per heavy atom. The molecule has 1 atom stereocenters. The van der Waals surface area contributed by atoms with Crippen molar-refractivity contribution in [3.05, 3.63) is 81.5 Å². The van der Waals surface area contributed by atoms with Crippen molar-refractivity contribution in [1.29, 1.82) is 0 Å². The Morgan fingerprint density at radius 1 is 1.10 bits per heavy atom. The molecule has 0 saturated heterocycles. The fraction of sp³-hybridized carbons (Fsp3) is 0.250. The van der Waals surface area contributed by atoms with E-state index in [4.69, 9.17) is 4.42 Å². The first-order valence-corrected chi connectivity index (χ1v) is 11.0. The number of hydrogen-bond donors (Lipinski definition) is 1. The summed E-state index contributed by atoms with van der Waals surface area (Å²) in [6.07, 6.45) is 3.56. The van der Waals surface area contributed by atoms with Gasteiger partial charge in [0.1, 0.15) is 11.4 Å². The maximum absolute atomic E-state index is 13.6. The van der Waals surface area contributed by atoms with Crippen LogP contribution in [0.1, 0.15) is 47.8 Å². The number of carbonyl (C=O) groups is 2. The van der Waals surface area contributed by atoms with Crippen molar-refractivity contribution in [3.8, 4) is 0 Å². The van der Waals surface area contributed by atoms with Gasteiger partial charge >= 0.3 is 0 Å². The molecule has 0 spiro atoms. The molecule has 5 rings (SSSR count). The Kier molecular flexibility index (Phi) is 4.93.